The summed E-state index contributed by atoms with van der Waals surface area (Å²) in [6.45, 7) is -0.687. The van der Waals surface area contributed by atoms with E-state index in [0.717, 1.165) is 24.3 Å². The maximum atomic E-state index is 12.7. The molecule has 0 spiro atoms. The van der Waals surface area contributed by atoms with Crippen LogP contribution in [0.5, 0.6) is 5.75 Å². The van der Waals surface area contributed by atoms with E-state index >= 15 is 0 Å². The van der Waals surface area contributed by atoms with E-state index in [4.69, 9.17) is 11.6 Å². The molecule has 1 aliphatic rings. The van der Waals surface area contributed by atoms with Crippen LogP contribution in [0, 0.1) is 5.92 Å². The van der Waals surface area contributed by atoms with Crippen LogP contribution < -0.4 is 4.74 Å². The molecule has 1 fully saturated rings. The number of aromatic nitrogens is 2. The van der Waals surface area contributed by atoms with Gasteiger partial charge in [-0.3, -0.25) is 0 Å². The van der Waals surface area contributed by atoms with Crippen molar-refractivity contribution < 1.29 is 13.5 Å². The molecule has 1 aromatic carbocycles. The molecule has 0 atom stereocenters. The molecular weight excluding hydrogens is 370 g/mol. The minimum Gasteiger partial charge on any atom is -0.434 e. The summed E-state index contributed by atoms with van der Waals surface area (Å²) in [5, 5.41) is 0.325. The monoisotopic (exact) mass is 394 g/mol. The molecule has 3 rings (SSSR count). The molecule has 0 radical (unpaired) electrons. The minimum absolute atomic E-state index is 0.0123. The number of ether oxygens (including phenoxy) is 1. The smallest absolute Gasteiger partial charge is 0.387 e. The molecule has 27 heavy (non-hydrogen) atoms. The summed E-state index contributed by atoms with van der Waals surface area (Å²) in [7, 11) is 0. The molecule has 0 bridgehead atoms. The number of unbranched alkanes of at least 4 members (excludes halogenated alkanes) is 1. The van der Waals surface area contributed by atoms with Gasteiger partial charge in [0.25, 0.3) is 0 Å². The minimum atomic E-state index is -2.93. The second-order valence-electron chi connectivity index (χ2n) is 7.22. The van der Waals surface area contributed by atoms with Gasteiger partial charge in [-0.2, -0.15) is 8.78 Å². The van der Waals surface area contributed by atoms with Crippen LogP contribution in [0.3, 0.4) is 0 Å². The van der Waals surface area contributed by atoms with E-state index in [0.29, 0.717) is 22.3 Å². The first-order chi connectivity index (χ1) is 13.1. The van der Waals surface area contributed by atoms with Gasteiger partial charge in [0.2, 0.25) is 0 Å². The van der Waals surface area contributed by atoms with Crippen LogP contribution in [-0.4, -0.2) is 16.6 Å². The lowest BCUT2D eigenvalue weighted by molar-refractivity contribution is -0.0494. The van der Waals surface area contributed by atoms with Crippen LogP contribution in [-0.2, 0) is 0 Å². The van der Waals surface area contributed by atoms with Crippen molar-refractivity contribution in [3.8, 4) is 17.1 Å². The Morgan fingerprint density at radius 3 is 2.48 bits per heavy atom. The zero-order chi connectivity index (χ0) is 19.2. The summed E-state index contributed by atoms with van der Waals surface area (Å²) < 4.78 is 29.9. The third kappa shape index (κ3) is 5.38. The maximum absolute atomic E-state index is 12.7. The Kier molecular flexibility index (Phi) is 7.00. The first kappa shape index (κ1) is 20.0. The van der Waals surface area contributed by atoms with Gasteiger partial charge in [0, 0.05) is 17.4 Å². The molecule has 1 heterocycles. The Morgan fingerprint density at radius 2 is 1.85 bits per heavy atom. The Hall–Kier alpha value is -1.75. The molecule has 3 nitrogen and oxygen atoms in total. The van der Waals surface area contributed by atoms with E-state index in [1.54, 1.807) is 12.1 Å². The number of hydrogen-bond acceptors (Lipinski definition) is 3. The molecule has 0 N–H and O–H groups in total. The average molecular weight is 395 g/mol. The van der Waals surface area contributed by atoms with Crippen molar-refractivity contribution in [2.45, 2.75) is 64.4 Å². The van der Waals surface area contributed by atoms with Crippen molar-refractivity contribution in [1.82, 2.24) is 9.97 Å². The third-order valence-electron chi connectivity index (χ3n) is 5.36. The first-order valence-corrected chi connectivity index (χ1v) is 10.0. The average Bonchev–Trinajstić information content (AvgIpc) is 2.67. The lowest BCUT2D eigenvalue weighted by Gasteiger charge is -2.28. The van der Waals surface area contributed by atoms with Gasteiger partial charge >= 0.3 is 6.61 Å². The first-order valence-electron chi connectivity index (χ1n) is 9.63. The Labute approximate surface area is 164 Å². The molecule has 146 valence electrons. The van der Waals surface area contributed by atoms with Crippen molar-refractivity contribution in [2.75, 3.05) is 0 Å². The van der Waals surface area contributed by atoms with Crippen molar-refractivity contribution in [3.63, 3.8) is 0 Å². The van der Waals surface area contributed by atoms with E-state index in [1.165, 1.54) is 38.2 Å². The van der Waals surface area contributed by atoms with Gasteiger partial charge in [-0.15, -0.1) is 0 Å². The highest BCUT2D eigenvalue weighted by atomic mass is 35.5. The van der Waals surface area contributed by atoms with E-state index < -0.39 is 6.61 Å². The molecule has 0 saturated heterocycles. The number of hydrogen-bond donors (Lipinski definition) is 0. The van der Waals surface area contributed by atoms with Gasteiger partial charge in [0.05, 0.1) is 5.56 Å². The van der Waals surface area contributed by atoms with E-state index in [-0.39, 0.29) is 5.75 Å². The van der Waals surface area contributed by atoms with Gasteiger partial charge in [0.15, 0.2) is 5.82 Å². The molecule has 0 amide bonds. The normalized spacial score (nSPS) is 20.0. The highest BCUT2D eigenvalue weighted by Gasteiger charge is 2.23. The van der Waals surface area contributed by atoms with E-state index in [1.807, 2.05) is 12.4 Å². The molecular formula is C21H25ClF2N2O. The number of nitrogens with zero attached hydrogens (tertiary/aromatic N) is 2. The SMILES string of the molecule is CCCCC1CCC(c2cnc(-c3ccc(Cl)cc3OC(F)F)nc2)CC1. The predicted octanol–water partition coefficient (Wildman–Crippen LogP) is 6.86. The van der Waals surface area contributed by atoms with Crippen LogP contribution in [0.15, 0.2) is 30.6 Å². The lowest BCUT2D eigenvalue weighted by Crippen LogP contribution is -2.14. The molecule has 0 aliphatic heterocycles. The van der Waals surface area contributed by atoms with Gasteiger partial charge in [-0.1, -0.05) is 37.8 Å². The van der Waals surface area contributed by atoms with Crippen molar-refractivity contribution in [2.24, 2.45) is 5.92 Å². The van der Waals surface area contributed by atoms with Crippen molar-refractivity contribution in [1.29, 1.82) is 0 Å². The number of benzene rings is 1. The van der Waals surface area contributed by atoms with Crippen LogP contribution in [0.25, 0.3) is 11.4 Å². The number of alkyl halides is 2. The number of halogens is 3. The van der Waals surface area contributed by atoms with Crippen molar-refractivity contribution >= 4 is 11.6 Å². The van der Waals surface area contributed by atoms with Crippen molar-refractivity contribution in [3.05, 3.63) is 41.2 Å². The van der Waals surface area contributed by atoms with Gasteiger partial charge in [-0.05, 0) is 61.3 Å². The summed E-state index contributed by atoms with van der Waals surface area (Å²) in [5.41, 5.74) is 1.53. The quantitative estimate of drug-likeness (QED) is 0.514. The Morgan fingerprint density at radius 1 is 1.15 bits per heavy atom. The fraction of sp³-hybridized carbons (Fsp3) is 0.524. The predicted molar refractivity (Wildman–Crippen MR) is 103 cm³/mol. The summed E-state index contributed by atoms with van der Waals surface area (Å²) >= 11 is 5.89. The number of rotatable bonds is 7. The summed E-state index contributed by atoms with van der Waals surface area (Å²) in [6, 6.07) is 4.58. The highest BCUT2D eigenvalue weighted by molar-refractivity contribution is 6.30. The molecule has 0 unspecified atom stereocenters. The second kappa shape index (κ2) is 9.45. The van der Waals surface area contributed by atoms with Gasteiger partial charge < -0.3 is 4.74 Å². The lowest BCUT2D eigenvalue weighted by atomic mass is 9.78. The van der Waals surface area contributed by atoms with E-state index in [9.17, 15) is 8.78 Å². The van der Waals surface area contributed by atoms with Gasteiger partial charge in [0.1, 0.15) is 5.75 Å². The summed E-state index contributed by atoms with van der Waals surface area (Å²) in [6.07, 6.45) is 12.4. The standard InChI is InChI=1S/C21H25ClF2N2O/c1-2-3-4-14-5-7-15(8-6-14)16-12-25-20(26-13-16)18-10-9-17(22)11-19(18)27-21(23)24/h9-15,21H,2-8H2,1H3. The molecule has 1 aliphatic carbocycles. The molecule has 2 aromatic rings. The van der Waals surface area contributed by atoms with Crippen LogP contribution >= 0.6 is 11.6 Å². The summed E-state index contributed by atoms with van der Waals surface area (Å²) in [4.78, 5) is 8.82. The van der Waals surface area contributed by atoms with E-state index in [2.05, 4.69) is 21.6 Å². The van der Waals surface area contributed by atoms with Crippen LogP contribution in [0.4, 0.5) is 8.78 Å². The fourth-order valence-electron chi connectivity index (χ4n) is 3.84. The fourth-order valence-corrected chi connectivity index (χ4v) is 4.00. The zero-order valence-corrected chi connectivity index (χ0v) is 16.3. The summed E-state index contributed by atoms with van der Waals surface area (Å²) in [5.74, 6) is 1.69. The molecule has 6 heteroatoms. The van der Waals surface area contributed by atoms with Crippen LogP contribution in [0.1, 0.15) is 63.4 Å². The van der Waals surface area contributed by atoms with Gasteiger partial charge in [-0.25, -0.2) is 9.97 Å². The largest absolute Gasteiger partial charge is 0.434 e. The second-order valence-corrected chi connectivity index (χ2v) is 7.66. The topological polar surface area (TPSA) is 35.0 Å². The third-order valence-corrected chi connectivity index (χ3v) is 5.59. The Balaban J connectivity index is 1.69. The zero-order valence-electron chi connectivity index (χ0n) is 15.5. The molecule has 1 aromatic heterocycles. The Bertz CT molecular complexity index is 731. The molecule has 1 saturated carbocycles. The van der Waals surface area contributed by atoms with Crippen LogP contribution in [0.2, 0.25) is 5.02 Å². The maximum Gasteiger partial charge on any atom is 0.387 e. The highest BCUT2D eigenvalue weighted by Crippen LogP contribution is 2.38.